The highest BCUT2D eigenvalue weighted by atomic mass is 16.5. The number of carbonyl (C=O) groups is 1. The zero-order valence-electron chi connectivity index (χ0n) is 16.3. The Bertz CT molecular complexity index is 766. The molecule has 0 aliphatic carbocycles. The molecule has 144 valence electrons. The van der Waals surface area contributed by atoms with Gasteiger partial charge in [0.2, 0.25) is 0 Å². The average Bonchev–Trinajstić information content (AvgIpc) is 2.67. The molecule has 1 heterocycles. The summed E-state index contributed by atoms with van der Waals surface area (Å²) in [6.45, 7) is 9.56. The molecule has 0 radical (unpaired) electrons. The molecule has 5 nitrogen and oxygen atoms in total. The minimum Gasteiger partial charge on any atom is -0.483 e. The van der Waals surface area contributed by atoms with Crippen LogP contribution in [0.4, 0.5) is 11.4 Å². The van der Waals surface area contributed by atoms with E-state index in [2.05, 4.69) is 36.2 Å². The summed E-state index contributed by atoms with van der Waals surface area (Å²) in [5, 5.41) is 2.90. The molecule has 1 N–H and O–H groups in total. The fraction of sp³-hybridized carbons (Fsp3) is 0.409. The van der Waals surface area contributed by atoms with Crippen LogP contribution in [0.5, 0.6) is 5.75 Å². The van der Waals surface area contributed by atoms with Gasteiger partial charge in [-0.25, -0.2) is 0 Å². The summed E-state index contributed by atoms with van der Waals surface area (Å²) >= 11 is 0. The monoisotopic (exact) mass is 368 g/mol. The van der Waals surface area contributed by atoms with Gasteiger partial charge >= 0.3 is 0 Å². The first-order valence-electron chi connectivity index (χ1n) is 9.49. The first-order chi connectivity index (χ1) is 13.0. The van der Waals surface area contributed by atoms with Gasteiger partial charge < -0.3 is 19.7 Å². The molecule has 0 atom stereocenters. The average molecular weight is 368 g/mol. The first-order valence-corrected chi connectivity index (χ1v) is 9.49. The lowest BCUT2D eigenvalue weighted by molar-refractivity contribution is -0.118. The van der Waals surface area contributed by atoms with E-state index < -0.39 is 0 Å². The van der Waals surface area contributed by atoms with Gasteiger partial charge in [-0.1, -0.05) is 26.0 Å². The van der Waals surface area contributed by atoms with Gasteiger partial charge in [-0.2, -0.15) is 0 Å². The van der Waals surface area contributed by atoms with Crippen LogP contribution in [0.1, 0.15) is 30.9 Å². The van der Waals surface area contributed by atoms with Gasteiger partial charge in [0, 0.05) is 24.5 Å². The summed E-state index contributed by atoms with van der Waals surface area (Å²) in [5.41, 5.74) is 4.15. The molecule has 1 fully saturated rings. The summed E-state index contributed by atoms with van der Waals surface area (Å²) in [5.74, 6) is 0.963. The van der Waals surface area contributed by atoms with Gasteiger partial charge in [-0.05, 0) is 54.3 Å². The number of hydrogen-bond acceptors (Lipinski definition) is 4. The Hall–Kier alpha value is -2.53. The van der Waals surface area contributed by atoms with Crippen LogP contribution < -0.4 is 15.0 Å². The molecule has 1 saturated heterocycles. The number of anilines is 2. The van der Waals surface area contributed by atoms with Crippen LogP contribution in [0.25, 0.3) is 0 Å². The number of nitrogens with zero attached hydrogens (tertiary/aromatic N) is 1. The standard InChI is InChI=1S/C22H28N2O3/c1-16(2)20-9-4-17(3)14-21(20)27-15-22(25)23-18-5-7-19(8-6-18)24-10-12-26-13-11-24/h4-9,14,16H,10-13,15H2,1-3H3,(H,23,25). The molecule has 0 unspecified atom stereocenters. The van der Waals surface area contributed by atoms with Crippen molar-refractivity contribution in [3.8, 4) is 5.75 Å². The lowest BCUT2D eigenvalue weighted by atomic mass is 10.0. The van der Waals surface area contributed by atoms with Crippen molar-refractivity contribution >= 4 is 17.3 Å². The predicted octanol–water partition coefficient (Wildman–Crippen LogP) is 3.97. The molecule has 0 spiro atoms. The van der Waals surface area contributed by atoms with Crippen molar-refractivity contribution in [1.29, 1.82) is 0 Å². The SMILES string of the molecule is Cc1ccc(C(C)C)c(OCC(=O)Nc2ccc(N3CCOCC3)cc2)c1. The second kappa shape index (κ2) is 8.91. The Kier molecular flexibility index (Phi) is 6.35. The lowest BCUT2D eigenvalue weighted by Gasteiger charge is -2.28. The van der Waals surface area contributed by atoms with E-state index in [0.717, 1.165) is 54.6 Å². The molecule has 2 aromatic rings. The van der Waals surface area contributed by atoms with E-state index in [1.165, 1.54) is 0 Å². The molecule has 1 aliphatic heterocycles. The molecular formula is C22H28N2O3. The number of morpholine rings is 1. The van der Waals surface area contributed by atoms with E-state index >= 15 is 0 Å². The minimum atomic E-state index is -0.162. The second-order valence-corrected chi connectivity index (χ2v) is 7.18. The highest BCUT2D eigenvalue weighted by Gasteiger charge is 2.12. The largest absolute Gasteiger partial charge is 0.483 e. The van der Waals surface area contributed by atoms with Gasteiger partial charge in [0.05, 0.1) is 13.2 Å². The van der Waals surface area contributed by atoms with Crippen molar-refractivity contribution in [1.82, 2.24) is 0 Å². The number of amides is 1. The Labute approximate surface area is 161 Å². The number of nitrogens with one attached hydrogen (secondary N) is 1. The molecule has 2 aromatic carbocycles. The third kappa shape index (κ3) is 5.23. The Morgan fingerprint density at radius 1 is 1.15 bits per heavy atom. The van der Waals surface area contributed by atoms with E-state index in [4.69, 9.17) is 9.47 Å². The molecule has 27 heavy (non-hydrogen) atoms. The summed E-state index contributed by atoms with van der Waals surface area (Å²) in [6, 6.07) is 14.0. The Morgan fingerprint density at radius 3 is 2.52 bits per heavy atom. The van der Waals surface area contributed by atoms with E-state index in [1.807, 2.05) is 37.3 Å². The summed E-state index contributed by atoms with van der Waals surface area (Å²) in [6.07, 6.45) is 0. The van der Waals surface area contributed by atoms with E-state index in [1.54, 1.807) is 0 Å². The summed E-state index contributed by atoms with van der Waals surface area (Å²) in [4.78, 5) is 14.6. The second-order valence-electron chi connectivity index (χ2n) is 7.18. The van der Waals surface area contributed by atoms with E-state index in [9.17, 15) is 4.79 Å². The quantitative estimate of drug-likeness (QED) is 0.838. The topological polar surface area (TPSA) is 50.8 Å². The van der Waals surface area contributed by atoms with Crippen molar-refractivity contribution in [2.24, 2.45) is 0 Å². The van der Waals surface area contributed by atoms with Crippen LogP contribution in [0.3, 0.4) is 0 Å². The third-order valence-electron chi connectivity index (χ3n) is 4.68. The molecule has 5 heteroatoms. The minimum absolute atomic E-state index is 0.00557. The van der Waals surface area contributed by atoms with Gasteiger partial charge in [-0.3, -0.25) is 4.79 Å². The maximum Gasteiger partial charge on any atom is 0.262 e. The number of ether oxygens (including phenoxy) is 2. The van der Waals surface area contributed by atoms with Crippen LogP contribution in [0.2, 0.25) is 0 Å². The summed E-state index contributed by atoms with van der Waals surface area (Å²) < 4.78 is 11.2. The van der Waals surface area contributed by atoms with Crippen LogP contribution in [0.15, 0.2) is 42.5 Å². The normalized spacial score (nSPS) is 14.3. The van der Waals surface area contributed by atoms with Crippen molar-refractivity contribution in [2.45, 2.75) is 26.7 Å². The Morgan fingerprint density at radius 2 is 1.85 bits per heavy atom. The van der Waals surface area contributed by atoms with E-state index in [0.29, 0.717) is 5.92 Å². The highest BCUT2D eigenvalue weighted by Crippen LogP contribution is 2.27. The summed E-state index contributed by atoms with van der Waals surface area (Å²) in [7, 11) is 0. The first kappa shape index (κ1) is 19.2. The maximum atomic E-state index is 12.3. The van der Waals surface area contributed by atoms with Crippen LogP contribution >= 0.6 is 0 Å². The predicted molar refractivity (Wildman–Crippen MR) is 109 cm³/mol. The fourth-order valence-corrected chi connectivity index (χ4v) is 3.16. The van der Waals surface area contributed by atoms with Gasteiger partial charge in [-0.15, -0.1) is 0 Å². The lowest BCUT2D eigenvalue weighted by Crippen LogP contribution is -2.36. The van der Waals surface area contributed by atoms with Gasteiger partial charge in [0.1, 0.15) is 5.75 Å². The molecule has 1 amide bonds. The van der Waals surface area contributed by atoms with Crippen LogP contribution in [-0.4, -0.2) is 38.8 Å². The number of benzene rings is 2. The van der Waals surface area contributed by atoms with Gasteiger partial charge in [0.15, 0.2) is 6.61 Å². The maximum absolute atomic E-state index is 12.3. The van der Waals surface area contributed by atoms with Crippen LogP contribution in [-0.2, 0) is 9.53 Å². The molecule has 0 aromatic heterocycles. The molecular weight excluding hydrogens is 340 g/mol. The molecule has 3 rings (SSSR count). The molecule has 0 saturated carbocycles. The van der Waals surface area contributed by atoms with Crippen molar-refractivity contribution < 1.29 is 14.3 Å². The number of rotatable bonds is 6. The van der Waals surface area contributed by atoms with Gasteiger partial charge in [0.25, 0.3) is 5.91 Å². The number of hydrogen-bond donors (Lipinski definition) is 1. The third-order valence-corrected chi connectivity index (χ3v) is 4.68. The van der Waals surface area contributed by atoms with Crippen molar-refractivity contribution in [3.63, 3.8) is 0 Å². The van der Waals surface area contributed by atoms with E-state index in [-0.39, 0.29) is 12.5 Å². The highest BCUT2D eigenvalue weighted by molar-refractivity contribution is 5.92. The van der Waals surface area contributed by atoms with Crippen molar-refractivity contribution in [2.75, 3.05) is 43.1 Å². The Balaban J connectivity index is 1.56. The fourth-order valence-electron chi connectivity index (χ4n) is 3.16. The van der Waals surface area contributed by atoms with Crippen LogP contribution in [0, 0.1) is 6.92 Å². The zero-order chi connectivity index (χ0) is 19.2. The van der Waals surface area contributed by atoms with Crippen molar-refractivity contribution in [3.05, 3.63) is 53.6 Å². The number of carbonyl (C=O) groups excluding carboxylic acids is 1. The molecule has 0 bridgehead atoms. The number of aryl methyl sites for hydroxylation is 1. The zero-order valence-corrected chi connectivity index (χ0v) is 16.3. The molecule has 1 aliphatic rings. The smallest absolute Gasteiger partial charge is 0.262 e.